The van der Waals surface area contributed by atoms with Crippen LogP contribution < -0.4 is 5.32 Å². The van der Waals surface area contributed by atoms with Crippen molar-refractivity contribution in [3.8, 4) is 0 Å². The van der Waals surface area contributed by atoms with Crippen LogP contribution in [0.4, 0.5) is 5.69 Å². The second-order valence-corrected chi connectivity index (χ2v) is 7.28. The lowest BCUT2D eigenvalue weighted by Gasteiger charge is -2.25. The topological polar surface area (TPSA) is 32.3 Å². The summed E-state index contributed by atoms with van der Waals surface area (Å²) >= 11 is 0. The summed E-state index contributed by atoms with van der Waals surface area (Å²) in [6.07, 6.45) is 0. The predicted molar refractivity (Wildman–Crippen MR) is 106 cm³/mol. The fraction of sp³-hybridized carbons (Fsp3) is 0.409. The number of hydrogen-bond donors (Lipinski definition) is 1. The summed E-state index contributed by atoms with van der Waals surface area (Å²) < 4.78 is 0. The number of aryl methyl sites for hydroxylation is 5. The first-order valence-electron chi connectivity index (χ1n) is 8.84. The second kappa shape index (κ2) is 7.83. The van der Waals surface area contributed by atoms with E-state index in [0.29, 0.717) is 0 Å². The van der Waals surface area contributed by atoms with Crippen LogP contribution in [0.3, 0.4) is 0 Å². The van der Waals surface area contributed by atoms with Crippen LogP contribution in [-0.2, 0) is 11.3 Å². The predicted octanol–water partition coefficient (Wildman–Crippen LogP) is 4.69. The van der Waals surface area contributed by atoms with Crippen molar-refractivity contribution in [2.75, 3.05) is 12.4 Å². The Bertz CT molecular complexity index is 757. The summed E-state index contributed by atoms with van der Waals surface area (Å²) in [5.41, 5.74) is 8.15. The molecule has 3 nitrogen and oxygen atoms in total. The van der Waals surface area contributed by atoms with Gasteiger partial charge in [0.25, 0.3) is 0 Å². The summed E-state index contributed by atoms with van der Waals surface area (Å²) in [7, 11) is 2.00. The van der Waals surface area contributed by atoms with E-state index in [9.17, 15) is 4.79 Å². The molecule has 0 bridgehead atoms. The zero-order valence-electron chi connectivity index (χ0n) is 16.5. The minimum atomic E-state index is -0.208. The molecule has 1 amide bonds. The summed E-state index contributed by atoms with van der Waals surface area (Å²) in [6, 6.07) is 10.5. The molecule has 0 aliphatic carbocycles. The molecule has 0 fully saturated rings. The van der Waals surface area contributed by atoms with E-state index in [1.54, 1.807) is 0 Å². The van der Waals surface area contributed by atoms with Crippen LogP contribution in [0.2, 0.25) is 0 Å². The van der Waals surface area contributed by atoms with E-state index >= 15 is 0 Å². The van der Waals surface area contributed by atoms with Crippen LogP contribution in [0, 0.1) is 34.6 Å². The zero-order valence-corrected chi connectivity index (χ0v) is 16.5. The number of benzene rings is 2. The maximum Gasteiger partial charge on any atom is 0.241 e. The van der Waals surface area contributed by atoms with Gasteiger partial charge in [-0.15, -0.1) is 0 Å². The van der Waals surface area contributed by atoms with Gasteiger partial charge in [-0.1, -0.05) is 41.5 Å². The van der Waals surface area contributed by atoms with Gasteiger partial charge in [0.15, 0.2) is 0 Å². The van der Waals surface area contributed by atoms with Crippen molar-refractivity contribution < 1.29 is 4.79 Å². The van der Waals surface area contributed by atoms with E-state index in [0.717, 1.165) is 23.4 Å². The smallest absolute Gasteiger partial charge is 0.241 e. The number of hydrogen-bond acceptors (Lipinski definition) is 2. The summed E-state index contributed by atoms with van der Waals surface area (Å²) in [5.74, 6) is 0.0299. The van der Waals surface area contributed by atoms with E-state index in [4.69, 9.17) is 0 Å². The van der Waals surface area contributed by atoms with Crippen molar-refractivity contribution in [1.29, 1.82) is 0 Å². The molecular weight excluding hydrogens is 308 g/mol. The first kappa shape index (κ1) is 19.2. The highest BCUT2D eigenvalue weighted by atomic mass is 16.2. The molecule has 1 N–H and O–H groups in total. The average molecular weight is 338 g/mol. The average Bonchev–Trinajstić information content (AvgIpc) is 2.52. The maximum absolute atomic E-state index is 12.7. The molecule has 0 saturated carbocycles. The number of nitrogens with one attached hydrogen (secondary N) is 1. The molecule has 2 aromatic carbocycles. The molecule has 0 radical (unpaired) electrons. The number of rotatable bonds is 5. The number of carbonyl (C=O) groups is 1. The van der Waals surface area contributed by atoms with Crippen molar-refractivity contribution in [2.24, 2.45) is 0 Å². The summed E-state index contributed by atoms with van der Waals surface area (Å²) in [4.78, 5) is 14.8. The highest BCUT2D eigenvalue weighted by Gasteiger charge is 2.20. The molecule has 0 saturated heterocycles. The van der Waals surface area contributed by atoms with Gasteiger partial charge in [0, 0.05) is 12.2 Å². The van der Waals surface area contributed by atoms with Crippen LogP contribution in [0.25, 0.3) is 0 Å². The third-order valence-corrected chi connectivity index (χ3v) is 4.88. The van der Waals surface area contributed by atoms with Gasteiger partial charge in [-0.05, 0) is 70.8 Å². The number of likely N-dealkylation sites (N-methyl/N-ethyl adjacent to an activating group) is 1. The Morgan fingerprint density at radius 3 is 2.08 bits per heavy atom. The second-order valence-electron chi connectivity index (χ2n) is 7.28. The van der Waals surface area contributed by atoms with Crippen molar-refractivity contribution >= 4 is 11.6 Å². The quantitative estimate of drug-likeness (QED) is 0.858. The molecule has 2 rings (SSSR count). The third-order valence-electron chi connectivity index (χ3n) is 4.88. The molecule has 0 aliphatic rings. The van der Waals surface area contributed by atoms with Crippen LogP contribution >= 0.6 is 0 Å². The van der Waals surface area contributed by atoms with Gasteiger partial charge in [-0.2, -0.15) is 0 Å². The van der Waals surface area contributed by atoms with E-state index in [1.807, 2.05) is 27.8 Å². The number of amides is 1. The van der Waals surface area contributed by atoms with E-state index in [-0.39, 0.29) is 11.9 Å². The van der Waals surface area contributed by atoms with Gasteiger partial charge in [-0.25, -0.2) is 0 Å². The Morgan fingerprint density at radius 1 is 0.960 bits per heavy atom. The van der Waals surface area contributed by atoms with Gasteiger partial charge in [0.05, 0.1) is 6.04 Å². The van der Waals surface area contributed by atoms with Crippen molar-refractivity contribution in [3.05, 3.63) is 63.7 Å². The number of nitrogens with zero attached hydrogens (tertiary/aromatic N) is 1. The monoisotopic (exact) mass is 338 g/mol. The van der Waals surface area contributed by atoms with Crippen molar-refractivity contribution in [2.45, 2.75) is 54.1 Å². The normalized spacial score (nSPS) is 12.3. The fourth-order valence-electron chi connectivity index (χ4n) is 3.23. The molecule has 2 aromatic rings. The third kappa shape index (κ3) is 4.70. The minimum Gasteiger partial charge on any atom is -0.324 e. The van der Waals surface area contributed by atoms with Crippen LogP contribution in [0.1, 0.15) is 40.3 Å². The molecule has 0 aliphatic heterocycles. The maximum atomic E-state index is 12.7. The van der Waals surface area contributed by atoms with Crippen molar-refractivity contribution in [1.82, 2.24) is 4.90 Å². The van der Waals surface area contributed by atoms with Crippen LogP contribution in [-0.4, -0.2) is 23.9 Å². The Labute approximate surface area is 152 Å². The van der Waals surface area contributed by atoms with Gasteiger partial charge >= 0.3 is 0 Å². The summed E-state index contributed by atoms with van der Waals surface area (Å²) in [6.45, 7) is 13.1. The minimum absolute atomic E-state index is 0.0299. The lowest BCUT2D eigenvalue weighted by atomic mass is 10.0. The van der Waals surface area contributed by atoms with Crippen molar-refractivity contribution in [3.63, 3.8) is 0 Å². The molecule has 0 unspecified atom stereocenters. The van der Waals surface area contributed by atoms with Gasteiger partial charge in [0.2, 0.25) is 5.91 Å². The number of anilines is 1. The Morgan fingerprint density at radius 2 is 1.52 bits per heavy atom. The lowest BCUT2D eigenvalue weighted by molar-refractivity contribution is -0.120. The summed E-state index contributed by atoms with van der Waals surface area (Å²) in [5, 5.41) is 3.12. The molecule has 25 heavy (non-hydrogen) atoms. The lowest BCUT2D eigenvalue weighted by Crippen LogP contribution is -2.39. The number of carbonyl (C=O) groups excluding carboxylic acids is 1. The SMILES string of the molecule is Cc1ccc(CN(C)[C@H](C)C(=O)Nc2c(C)cc(C)cc2C)c(C)c1. The molecule has 1 atom stereocenters. The first-order chi connectivity index (χ1) is 11.7. The standard InChI is InChI=1S/C22H30N2O/c1-14-8-9-20(16(3)10-14)13-24(7)19(6)22(25)23-21-17(4)11-15(2)12-18(21)5/h8-12,19H,13H2,1-7H3,(H,23,25)/t19-/m1/s1. The molecule has 134 valence electrons. The first-order valence-corrected chi connectivity index (χ1v) is 8.84. The highest BCUT2D eigenvalue weighted by Crippen LogP contribution is 2.22. The Hall–Kier alpha value is -2.13. The zero-order chi connectivity index (χ0) is 18.7. The molecular formula is C22H30N2O. The van der Waals surface area contributed by atoms with E-state index in [2.05, 4.69) is 61.3 Å². The Kier molecular flexibility index (Phi) is 6.02. The molecule has 0 aromatic heterocycles. The van der Waals surface area contributed by atoms with Gasteiger partial charge in [-0.3, -0.25) is 9.69 Å². The molecule has 0 heterocycles. The Balaban J connectivity index is 2.09. The van der Waals surface area contributed by atoms with Gasteiger partial charge < -0.3 is 5.32 Å². The van der Waals surface area contributed by atoms with E-state index < -0.39 is 0 Å². The molecule has 0 spiro atoms. The van der Waals surface area contributed by atoms with Crippen LogP contribution in [0.5, 0.6) is 0 Å². The van der Waals surface area contributed by atoms with Crippen LogP contribution in [0.15, 0.2) is 30.3 Å². The molecule has 3 heteroatoms. The van der Waals surface area contributed by atoms with Gasteiger partial charge in [0.1, 0.15) is 0 Å². The van der Waals surface area contributed by atoms with E-state index in [1.165, 1.54) is 22.3 Å². The highest BCUT2D eigenvalue weighted by molar-refractivity contribution is 5.95. The largest absolute Gasteiger partial charge is 0.324 e. The fourth-order valence-corrected chi connectivity index (χ4v) is 3.23.